The van der Waals surface area contributed by atoms with Gasteiger partial charge in [0.1, 0.15) is 11.6 Å². The van der Waals surface area contributed by atoms with Gasteiger partial charge in [0, 0.05) is 12.0 Å². The Balaban J connectivity index is 2.02. The third kappa shape index (κ3) is 3.58. The van der Waals surface area contributed by atoms with Crippen LogP contribution < -0.4 is 4.74 Å². The van der Waals surface area contributed by atoms with E-state index in [0.29, 0.717) is 18.4 Å². The van der Waals surface area contributed by atoms with Crippen LogP contribution in [0.15, 0.2) is 42.5 Å². The van der Waals surface area contributed by atoms with E-state index in [1.54, 1.807) is 7.11 Å². The second-order valence-electron chi connectivity index (χ2n) is 4.40. The van der Waals surface area contributed by atoms with Gasteiger partial charge in [-0.05, 0) is 42.3 Å². The predicted octanol–water partition coefficient (Wildman–Crippen LogP) is 4.30. The van der Waals surface area contributed by atoms with Crippen LogP contribution in [0.2, 0.25) is 5.02 Å². The fraction of sp³-hybridized carbons (Fsp3) is 0.188. The Kier molecular flexibility index (Phi) is 4.74. The molecule has 0 fully saturated rings. The fourth-order valence-corrected chi connectivity index (χ4v) is 2.08. The number of rotatable bonds is 5. The van der Waals surface area contributed by atoms with Crippen LogP contribution in [0.1, 0.15) is 22.3 Å². The summed E-state index contributed by atoms with van der Waals surface area (Å²) in [5.74, 6) is 0.186. The van der Waals surface area contributed by atoms with Gasteiger partial charge in [0.05, 0.1) is 12.1 Å². The van der Waals surface area contributed by atoms with Crippen molar-refractivity contribution in [2.45, 2.75) is 12.8 Å². The minimum Gasteiger partial charge on any atom is -0.497 e. The fourth-order valence-electron chi connectivity index (χ4n) is 1.90. The summed E-state index contributed by atoms with van der Waals surface area (Å²) in [4.78, 5) is 12.0. The van der Waals surface area contributed by atoms with Crippen LogP contribution in [0.4, 0.5) is 4.39 Å². The number of ether oxygens (including phenoxy) is 1. The van der Waals surface area contributed by atoms with E-state index < -0.39 is 5.82 Å². The number of aryl methyl sites for hydroxylation is 1. The Hall–Kier alpha value is -1.87. The van der Waals surface area contributed by atoms with E-state index in [1.807, 2.05) is 24.3 Å². The normalized spacial score (nSPS) is 10.3. The highest BCUT2D eigenvalue weighted by Gasteiger charge is 2.09. The van der Waals surface area contributed by atoms with Crippen molar-refractivity contribution in [3.63, 3.8) is 0 Å². The van der Waals surface area contributed by atoms with Crippen LogP contribution in [0.3, 0.4) is 0 Å². The summed E-state index contributed by atoms with van der Waals surface area (Å²) in [7, 11) is 1.60. The maximum atomic E-state index is 13.0. The van der Waals surface area contributed by atoms with E-state index in [-0.39, 0.29) is 10.8 Å². The molecular formula is C16H14ClFO2. The van der Waals surface area contributed by atoms with Crippen LogP contribution >= 0.6 is 11.6 Å². The molecule has 0 aliphatic carbocycles. The Morgan fingerprint density at radius 1 is 1.25 bits per heavy atom. The zero-order valence-electron chi connectivity index (χ0n) is 11.0. The molecule has 20 heavy (non-hydrogen) atoms. The van der Waals surface area contributed by atoms with E-state index in [1.165, 1.54) is 18.2 Å². The van der Waals surface area contributed by atoms with Crippen LogP contribution in [0.5, 0.6) is 5.75 Å². The average molecular weight is 293 g/mol. The second kappa shape index (κ2) is 6.53. The molecule has 0 aliphatic rings. The molecule has 4 heteroatoms. The molecule has 0 unspecified atom stereocenters. The second-order valence-corrected chi connectivity index (χ2v) is 4.81. The number of hydrogen-bond acceptors (Lipinski definition) is 2. The zero-order valence-corrected chi connectivity index (χ0v) is 11.8. The number of ketones is 1. The molecule has 0 spiro atoms. The Morgan fingerprint density at radius 2 is 2.05 bits per heavy atom. The van der Waals surface area contributed by atoms with Crippen LogP contribution in [0.25, 0.3) is 0 Å². The number of methoxy groups -OCH3 is 1. The zero-order chi connectivity index (χ0) is 14.5. The quantitative estimate of drug-likeness (QED) is 0.768. The van der Waals surface area contributed by atoms with Gasteiger partial charge < -0.3 is 4.74 Å². The summed E-state index contributed by atoms with van der Waals surface area (Å²) in [5, 5.41) is -0.0303. The van der Waals surface area contributed by atoms with E-state index >= 15 is 0 Å². The van der Waals surface area contributed by atoms with Gasteiger partial charge >= 0.3 is 0 Å². The molecule has 0 aliphatic heterocycles. The summed E-state index contributed by atoms with van der Waals surface area (Å²) in [6, 6.07) is 11.6. The highest BCUT2D eigenvalue weighted by molar-refractivity contribution is 6.31. The summed E-state index contributed by atoms with van der Waals surface area (Å²) >= 11 is 5.67. The number of Topliss-reactive ketones (excluding diaryl/α,β-unsaturated/α-hetero) is 1. The van der Waals surface area contributed by atoms with Crippen LogP contribution in [-0.4, -0.2) is 12.9 Å². The van der Waals surface area contributed by atoms with E-state index in [0.717, 1.165) is 11.3 Å². The lowest BCUT2D eigenvalue weighted by Crippen LogP contribution is -2.01. The van der Waals surface area contributed by atoms with E-state index in [2.05, 4.69) is 0 Å². The average Bonchev–Trinajstić information content (AvgIpc) is 2.47. The lowest BCUT2D eigenvalue weighted by atomic mass is 10.0. The molecule has 104 valence electrons. The van der Waals surface area contributed by atoms with Gasteiger partial charge in [-0.15, -0.1) is 0 Å². The van der Waals surface area contributed by atoms with Crippen molar-refractivity contribution in [1.82, 2.24) is 0 Å². The molecule has 2 nitrogen and oxygen atoms in total. The number of benzene rings is 2. The molecule has 0 radical (unpaired) electrons. The Labute approximate surface area is 122 Å². The monoisotopic (exact) mass is 292 g/mol. The predicted molar refractivity (Wildman–Crippen MR) is 77.1 cm³/mol. The van der Waals surface area contributed by atoms with Crippen molar-refractivity contribution in [3.05, 3.63) is 64.4 Å². The van der Waals surface area contributed by atoms with E-state index in [4.69, 9.17) is 16.3 Å². The van der Waals surface area contributed by atoms with Crippen molar-refractivity contribution in [2.24, 2.45) is 0 Å². The van der Waals surface area contributed by atoms with Crippen molar-refractivity contribution in [3.8, 4) is 5.75 Å². The third-order valence-corrected chi connectivity index (χ3v) is 3.31. The molecular weight excluding hydrogens is 279 g/mol. The first-order valence-corrected chi connectivity index (χ1v) is 6.59. The molecule has 2 rings (SSSR count). The van der Waals surface area contributed by atoms with Crippen molar-refractivity contribution < 1.29 is 13.9 Å². The van der Waals surface area contributed by atoms with Crippen molar-refractivity contribution in [1.29, 1.82) is 0 Å². The largest absolute Gasteiger partial charge is 0.497 e. The lowest BCUT2D eigenvalue weighted by molar-refractivity contribution is 0.0983. The van der Waals surface area contributed by atoms with Gasteiger partial charge in [0.15, 0.2) is 5.78 Å². The van der Waals surface area contributed by atoms with Gasteiger partial charge in [0.25, 0.3) is 0 Å². The number of hydrogen-bond donors (Lipinski definition) is 0. The third-order valence-electron chi connectivity index (χ3n) is 3.02. The first kappa shape index (κ1) is 14.5. The SMILES string of the molecule is COc1cccc(CCC(=O)c2ccc(F)c(Cl)c2)c1. The maximum absolute atomic E-state index is 13.0. The molecule has 2 aromatic rings. The summed E-state index contributed by atoms with van der Waals surface area (Å²) in [6.07, 6.45) is 0.945. The molecule has 0 saturated heterocycles. The molecule has 0 bridgehead atoms. The van der Waals surface area contributed by atoms with Gasteiger partial charge in [-0.3, -0.25) is 4.79 Å². The molecule has 0 atom stereocenters. The topological polar surface area (TPSA) is 26.3 Å². The standard InChI is InChI=1S/C16H14ClFO2/c1-20-13-4-2-3-11(9-13)5-8-16(19)12-6-7-15(18)14(17)10-12/h2-4,6-7,9-10H,5,8H2,1H3. The summed E-state index contributed by atoms with van der Waals surface area (Å²) in [5.41, 5.74) is 1.45. The first-order chi connectivity index (χ1) is 9.60. The summed E-state index contributed by atoms with van der Waals surface area (Å²) in [6.45, 7) is 0. The number of carbonyl (C=O) groups excluding carboxylic acids is 1. The molecule has 0 N–H and O–H groups in total. The van der Waals surface area contributed by atoms with Crippen molar-refractivity contribution in [2.75, 3.05) is 7.11 Å². The molecule has 0 saturated carbocycles. The molecule has 0 amide bonds. The Morgan fingerprint density at radius 3 is 2.75 bits per heavy atom. The number of carbonyl (C=O) groups is 1. The number of halogens is 2. The van der Waals surface area contributed by atoms with Gasteiger partial charge in [0.2, 0.25) is 0 Å². The van der Waals surface area contributed by atoms with E-state index in [9.17, 15) is 9.18 Å². The van der Waals surface area contributed by atoms with Crippen LogP contribution in [0, 0.1) is 5.82 Å². The summed E-state index contributed by atoms with van der Waals surface area (Å²) < 4.78 is 18.2. The van der Waals surface area contributed by atoms with Crippen molar-refractivity contribution >= 4 is 17.4 Å². The molecule has 0 heterocycles. The smallest absolute Gasteiger partial charge is 0.163 e. The molecule has 0 aromatic heterocycles. The van der Waals surface area contributed by atoms with Gasteiger partial charge in [-0.25, -0.2) is 4.39 Å². The minimum absolute atomic E-state index is 0.0303. The van der Waals surface area contributed by atoms with Gasteiger partial charge in [-0.2, -0.15) is 0 Å². The highest BCUT2D eigenvalue weighted by atomic mass is 35.5. The maximum Gasteiger partial charge on any atom is 0.163 e. The first-order valence-electron chi connectivity index (χ1n) is 6.21. The molecule has 2 aromatic carbocycles. The highest BCUT2D eigenvalue weighted by Crippen LogP contribution is 2.19. The lowest BCUT2D eigenvalue weighted by Gasteiger charge is -2.05. The minimum atomic E-state index is -0.518. The van der Waals surface area contributed by atoms with Gasteiger partial charge in [-0.1, -0.05) is 23.7 Å². The van der Waals surface area contributed by atoms with Crippen LogP contribution in [-0.2, 0) is 6.42 Å². The Bertz CT molecular complexity index is 626.